The number of rotatable bonds is 6. The van der Waals surface area contributed by atoms with Gasteiger partial charge in [-0.25, -0.2) is 0 Å². The first-order valence-corrected chi connectivity index (χ1v) is 6.19. The molecule has 0 saturated heterocycles. The number of aliphatic hydroxyl groups is 1. The van der Waals surface area contributed by atoms with Crippen molar-refractivity contribution in [2.75, 3.05) is 6.54 Å². The van der Waals surface area contributed by atoms with E-state index in [2.05, 4.69) is 5.32 Å². The molecule has 0 amide bonds. The van der Waals surface area contributed by atoms with Crippen molar-refractivity contribution >= 4 is 0 Å². The third-order valence-corrected chi connectivity index (χ3v) is 2.77. The van der Waals surface area contributed by atoms with Crippen molar-refractivity contribution in [3.8, 4) is 6.07 Å². The maximum absolute atomic E-state index is 9.89. The van der Waals surface area contributed by atoms with Gasteiger partial charge in [0.25, 0.3) is 0 Å². The zero-order valence-corrected chi connectivity index (χ0v) is 10.5. The number of hydrogen-bond acceptors (Lipinski definition) is 4. The first kappa shape index (κ1) is 13.3. The van der Waals surface area contributed by atoms with Crippen molar-refractivity contribution in [3.63, 3.8) is 0 Å². The first-order valence-electron chi connectivity index (χ1n) is 6.19. The number of aliphatic hydroxyl groups excluding tert-OH is 1. The van der Waals surface area contributed by atoms with Gasteiger partial charge in [0.15, 0.2) is 0 Å². The quantitative estimate of drug-likeness (QED) is 0.827. The van der Waals surface area contributed by atoms with E-state index in [0.717, 1.165) is 5.56 Å². The average molecular weight is 256 g/mol. The summed E-state index contributed by atoms with van der Waals surface area (Å²) in [7, 11) is 0. The molecule has 4 heteroatoms. The highest BCUT2D eigenvalue weighted by Crippen LogP contribution is 2.06. The molecular weight excluding hydrogens is 240 g/mol. The van der Waals surface area contributed by atoms with E-state index in [9.17, 15) is 5.11 Å². The summed E-state index contributed by atoms with van der Waals surface area (Å²) in [5.74, 6) is 1.00. The molecule has 0 saturated carbocycles. The minimum atomic E-state index is -0.437. The number of nitrogens with one attached hydrogen (secondary N) is 1. The molecule has 2 rings (SSSR count). The van der Waals surface area contributed by atoms with Crippen LogP contribution in [0.1, 0.15) is 17.1 Å². The van der Waals surface area contributed by atoms with Crippen LogP contribution in [-0.2, 0) is 13.0 Å². The average Bonchev–Trinajstić information content (AvgIpc) is 2.88. The topological polar surface area (TPSA) is 69.2 Å². The number of nitrogens with zero attached hydrogens (tertiary/aromatic N) is 1. The number of benzene rings is 1. The largest absolute Gasteiger partial charge is 0.449 e. The molecule has 0 radical (unpaired) electrons. The van der Waals surface area contributed by atoms with Crippen molar-refractivity contribution in [2.24, 2.45) is 0 Å². The Morgan fingerprint density at radius 3 is 2.68 bits per heavy atom. The lowest BCUT2D eigenvalue weighted by Crippen LogP contribution is -2.27. The molecule has 0 spiro atoms. The summed E-state index contributed by atoms with van der Waals surface area (Å²) < 4.78 is 5.23. The highest BCUT2D eigenvalue weighted by atomic mass is 16.3. The maximum Gasteiger partial charge on any atom is 0.203 e. The van der Waals surface area contributed by atoms with E-state index >= 15 is 0 Å². The van der Waals surface area contributed by atoms with Crippen LogP contribution in [0.5, 0.6) is 0 Å². The second-order valence-corrected chi connectivity index (χ2v) is 4.35. The molecule has 98 valence electrons. The highest BCUT2D eigenvalue weighted by molar-refractivity contribution is 5.19. The van der Waals surface area contributed by atoms with Gasteiger partial charge >= 0.3 is 0 Å². The standard InChI is InChI=1S/C15H16N2O2/c16-9-14-6-7-15(19-14)11-17-10-13(18)8-12-4-2-1-3-5-12/h1-7,13,17-18H,8,10-11H2. The predicted octanol–water partition coefficient (Wildman–Crippen LogP) is 1.84. The van der Waals surface area contributed by atoms with Crippen LogP contribution >= 0.6 is 0 Å². The molecule has 2 N–H and O–H groups in total. The van der Waals surface area contributed by atoms with Gasteiger partial charge in [0.2, 0.25) is 5.76 Å². The van der Waals surface area contributed by atoms with Gasteiger partial charge in [-0.15, -0.1) is 0 Å². The van der Waals surface area contributed by atoms with Crippen LogP contribution in [0.3, 0.4) is 0 Å². The molecule has 1 heterocycles. The molecule has 19 heavy (non-hydrogen) atoms. The van der Waals surface area contributed by atoms with Gasteiger partial charge in [0.05, 0.1) is 12.6 Å². The molecule has 0 aliphatic carbocycles. The molecule has 1 aromatic carbocycles. The lowest BCUT2D eigenvalue weighted by Gasteiger charge is -2.11. The summed E-state index contributed by atoms with van der Waals surface area (Å²) in [4.78, 5) is 0. The number of hydrogen-bond donors (Lipinski definition) is 2. The molecule has 1 atom stereocenters. The van der Waals surface area contributed by atoms with Crippen LogP contribution in [-0.4, -0.2) is 17.8 Å². The Hall–Kier alpha value is -2.09. The zero-order valence-electron chi connectivity index (χ0n) is 10.5. The molecule has 0 aliphatic heterocycles. The Morgan fingerprint density at radius 1 is 1.21 bits per heavy atom. The molecule has 0 bridgehead atoms. The van der Waals surface area contributed by atoms with E-state index in [4.69, 9.17) is 9.68 Å². The molecule has 2 aromatic rings. The fourth-order valence-corrected chi connectivity index (χ4v) is 1.85. The molecular formula is C15H16N2O2. The Labute approximate surface area is 112 Å². The molecule has 0 aliphatic rings. The smallest absolute Gasteiger partial charge is 0.203 e. The normalized spacial score (nSPS) is 12.0. The monoisotopic (exact) mass is 256 g/mol. The van der Waals surface area contributed by atoms with Gasteiger partial charge in [-0.1, -0.05) is 30.3 Å². The fourth-order valence-electron chi connectivity index (χ4n) is 1.85. The second kappa shape index (κ2) is 6.74. The van der Waals surface area contributed by atoms with Crippen LogP contribution in [0.4, 0.5) is 0 Å². The third-order valence-electron chi connectivity index (χ3n) is 2.77. The number of nitriles is 1. The summed E-state index contributed by atoms with van der Waals surface area (Å²) in [6.07, 6.45) is 0.183. The Morgan fingerprint density at radius 2 is 2.00 bits per heavy atom. The van der Waals surface area contributed by atoms with Crippen LogP contribution in [0, 0.1) is 11.3 Å². The van der Waals surface area contributed by atoms with Gasteiger partial charge in [-0.05, 0) is 24.1 Å². The lowest BCUT2D eigenvalue weighted by atomic mass is 10.1. The van der Waals surface area contributed by atoms with Gasteiger partial charge in [0.1, 0.15) is 11.8 Å². The summed E-state index contributed by atoms with van der Waals surface area (Å²) in [5.41, 5.74) is 1.11. The minimum absolute atomic E-state index is 0.307. The number of furan rings is 1. The zero-order chi connectivity index (χ0) is 13.5. The van der Waals surface area contributed by atoms with Crippen molar-refractivity contribution in [1.29, 1.82) is 5.26 Å². The SMILES string of the molecule is N#Cc1ccc(CNCC(O)Cc2ccccc2)o1. The molecule has 4 nitrogen and oxygen atoms in total. The van der Waals surface area contributed by atoms with Crippen LogP contribution < -0.4 is 5.32 Å². The Bertz CT molecular complexity index is 543. The van der Waals surface area contributed by atoms with Gasteiger partial charge in [-0.2, -0.15) is 5.26 Å². The minimum Gasteiger partial charge on any atom is -0.449 e. The van der Waals surface area contributed by atoms with E-state index in [1.54, 1.807) is 12.1 Å². The lowest BCUT2D eigenvalue weighted by molar-refractivity contribution is 0.170. The summed E-state index contributed by atoms with van der Waals surface area (Å²) in [5, 5.41) is 21.6. The molecule has 0 fully saturated rings. The Balaban J connectivity index is 1.72. The molecule has 1 unspecified atom stereocenters. The van der Waals surface area contributed by atoms with E-state index in [1.807, 2.05) is 36.4 Å². The van der Waals surface area contributed by atoms with E-state index < -0.39 is 6.10 Å². The fraction of sp³-hybridized carbons (Fsp3) is 0.267. The Kier molecular flexibility index (Phi) is 4.73. The van der Waals surface area contributed by atoms with E-state index in [-0.39, 0.29) is 0 Å². The van der Waals surface area contributed by atoms with Gasteiger partial charge in [0, 0.05) is 6.54 Å². The summed E-state index contributed by atoms with van der Waals surface area (Å²) in [6, 6.07) is 15.2. The van der Waals surface area contributed by atoms with E-state index in [0.29, 0.717) is 31.0 Å². The van der Waals surface area contributed by atoms with Crippen molar-refractivity contribution in [1.82, 2.24) is 5.32 Å². The predicted molar refractivity (Wildman–Crippen MR) is 71.3 cm³/mol. The van der Waals surface area contributed by atoms with Gasteiger partial charge in [-0.3, -0.25) is 0 Å². The third kappa shape index (κ3) is 4.25. The van der Waals surface area contributed by atoms with Crippen molar-refractivity contribution < 1.29 is 9.52 Å². The van der Waals surface area contributed by atoms with Crippen molar-refractivity contribution in [2.45, 2.75) is 19.1 Å². The first-order chi connectivity index (χ1) is 9.28. The van der Waals surface area contributed by atoms with Crippen molar-refractivity contribution in [3.05, 3.63) is 59.5 Å². The van der Waals surface area contributed by atoms with Crippen LogP contribution in [0.25, 0.3) is 0 Å². The highest BCUT2D eigenvalue weighted by Gasteiger charge is 2.06. The summed E-state index contributed by atoms with van der Waals surface area (Å²) >= 11 is 0. The van der Waals surface area contributed by atoms with Crippen LogP contribution in [0.2, 0.25) is 0 Å². The van der Waals surface area contributed by atoms with E-state index in [1.165, 1.54) is 0 Å². The second-order valence-electron chi connectivity index (χ2n) is 4.35. The molecule has 1 aromatic heterocycles. The maximum atomic E-state index is 9.89. The van der Waals surface area contributed by atoms with Crippen LogP contribution in [0.15, 0.2) is 46.9 Å². The summed E-state index contributed by atoms with van der Waals surface area (Å²) in [6.45, 7) is 0.991. The van der Waals surface area contributed by atoms with Gasteiger partial charge < -0.3 is 14.8 Å².